The largest absolute Gasteiger partial charge is 0.481 e. The van der Waals surface area contributed by atoms with Crippen LogP contribution in [0.4, 0.5) is 0 Å². The maximum Gasteiger partial charge on any atom is 0.303 e. The summed E-state index contributed by atoms with van der Waals surface area (Å²) in [5, 5.41) is 9.19. The van der Waals surface area contributed by atoms with E-state index in [2.05, 4.69) is 20.8 Å². The van der Waals surface area contributed by atoms with E-state index in [1.54, 1.807) is 0 Å². The second kappa shape index (κ2) is 9.46. The Kier molecular flexibility index (Phi) is 7.10. The zero-order valence-electron chi connectivity index (χ0n) is 21.7. The van der Waals surface area contributed by atoms with Gasteiger partial charge in [-0.2, -0.15) is 0 Å². The van der Waals surface area contributed by atoms with Gasteiger partial charge in [0.05, 0.1) is 0 Å². The van der Waals surface area contributed by atoms with E-state index in [1.807, 2.05) is 0 Å². The third-order valence-corrected chi connectivity index (χ3v) is 10.8. The molecule has 0 radical (unpaired) electrons. The second-order valence-electron chi connectivity index (χ2n) is 12.5. The van der Waals surface area contributed by atoms with Crippen molar-refractivity contribution in [3.8, 4) is 0 Å². The molecule has 4 fully saturated rings. The molecular formula is C28H44O6. The van der Waals surface area contributed by atoms with Crippen LogP contribution in [0.15, 0.2) is 0 Å². The molecule has 4 saturated carbocycles. The summed E-state index contributed by atoms with van der Waals surface area (Å²) < 4.78 is 11.6. The summed E-state index contributed by atoms with van der Waals surface area (Å²) in [7, 11) is 0. The van der Waals surface area contributed by atoms with E-state index in [1.165, 1.54) is 39.5 Å². The normalized spacial score (nSPS) is 44.2. The number of carbonyl (C=O) groups excluding carboxylic acids is 2. The van der Waals surface area contributed by atoms with Gasteiger partial charge in [0.25, 0.3) is 0 Å². The van der Waals surface area contributed by atoms with Gasteiger partial charge in [-0.05, 0) is 98.2 Å². The summed E-state index contributed by atoms with van der Waals surface area (Å²) in [5.74, 6) is 1.81. The predicted octanol–water partition coefficient (Wildman–Crippen LogP) is 5.62. The Balaban J connectivity index is 1.58. The minimum absolute atomic E-state index is 0.0787. The van der Waals surface area contributed by atoms with Crippen molar-refractivity contribution in [3.05, 3.63) is 0 Å². The van der Waals surface area contributed by atoms with Gasteiger partial charge in [-0.3, -0.25) is 14.4 Å². The molecule has 0 saturated heterocycles. The first-order valence-electron chi connectivity index (χ1n) is 13.5. The van der Waals surface area contributed by atoms with Gasteiger partial charge in [0.15, 0.2) is 0 Å². The second-order valence-corrected chi connectivity index (χ2v) is 12.5. The lowest BCUT2D eigenvalue weighted by Crippen LogP contribution is -2.59. The van der Waals surface area contributed by atoms with Gasteiger partial charge in [-0.1, -0.05) is 20.8 Å². The van der Waals surface area contributed by atoms with Crippen LogP contribution in [-0.2, 0) is 23.9 Å². The van der Waals surface area contributed by atoms with E-state index < -0.39 is 5.97 Å². The van der Waals surface area contributed by atoms with E-state index in [0.29, 0.717) is 29.6 Å². The Morgan fingerprint density at radius 3 is 2.18 bits per heavy atom. The quantitative estimate of drug-likeness (QED) is 0.501. The topological polar surface area (TPSA) is 89.9 Å². The molecule has 10 atom stereocenters. The lowest BCUT2D eigenvalue weighted by atomic mass is 9.43. The van der Waals surface area contributed by atoms with E-state index in [4.69, 9.17) is 9.47 Å². The Morgan fingerprint density at radius 1 is 0.882 bits per heavy atom. The van der Waals surface area contributed by atoms with Crippen molar-refractivity contribution in [2.75, 3.05) is 0 Å². The maximum atomic E-state index is 12.1. The summed E-state index contributed by atoms with van der Waals surface area (Å²) in [6.45, 7) is 10.1. The molecule has 6 nitrogen and oxygen atoms in total. The fourth-order valence-corrected chi connectivity index (χ4v) is 9.44. The Labute approximate surface area is 204 Å². The fourth-order valence-electron chi connectivity index (χ4n) is 9.44. The minimum Gasteiger partial charge on any atom is -0.481 e. The molecule has 0 aliphatic heterocycles. The molecule has 34 heavy (non-hydrogen) atoms. The molecule has 4 rings (SSSR count). The SMILES string of the molecule is CC(=O)OC1CCC2(C)C(C1)C(OC(C)=O)CC1C3CCC(C(C)CCC(=O)O)C3(C)CCC12. The van der Waals surface area contributed by atoms with Gasteiger partial charge < -0.3 is 14.6 Å². The van der Waals surface area contributed by atoms with Crippen molar-refractivity contribution in [1.82, 2.24) is 0 Å². The molecule has 0 aromatic heterocycles. The average Bonchev–Trinajstić information content (AvgIpc) is 3.09. The molecule has 4 aliphatic rings. The third kappa shape index (κ3) is 4.51. The minimum atomic E-state index is -0.699. The molecule has 0 heterocycles. The molecule has 0 bridgehead atoms. The molecule has 0 aromatic carbocycles. The van der Waals surface area contributed by atoms with Crippen molar-refractivity contribution in [2.24, 2.45) is 46.3 Å². The highest BCUT2D eigenvalue weighted by Crippen LogP contribution is 2.68. The summed E-state index contributed by atoms with van der Waals surface area (Å²) in [6, 6.07) is 0. The van der Waals surface area contributed by atoms with Gasteiger partial charge >= 0.3 is 17.9 Å². The predicted molar refractivity (Wildman–Crippen MR) is 128 cm³/mol. The van der Waals surface area contributed by atoms with E-state index >= 15 is 0 Å². The zero-order valence-corrected chi connectivity index (χ0v) is 21.7. The maximum absolute atomic E-state index is 12.1. The van der Waals surface area contributed by atoms with Crippen LogP contribution in [0.25, 0.3) is 0 Å². The van der Waals surface area contributed by atoms with Gasteiger partial charge in [0.2, 0.25) is 0 Å². The molecule has 10 unspecified atom stereocenters. The number of carboxylic acid groups (broad SMARTS) is 1. The smallest absolute Gasteiger partial charge is 0.303 e. The van der Waals surface area contributed by atoms with Crippen LogP contribution in [0.5, 0.6) is 0 Å². The van der Waals surface area contributed by atoms with Gasteiger partial charge in [0, 0.05) is 26.2 Å². The highest BCUT2D eigenvalue weighted by atomic mass is 16.5. The molecule has 0 spiro atoms. The summed E-state index contributed by atoms with van der Waals surface area (Å²) in [5.41, 5.74) is 0.325. The van der Waals surface area contributed by atoms with Gasteiger partial charge in [-0.25, -0.2) is 0 Å². The average molecular weight is 477 g/mol. The monoisotopic (exact) mass is 476 g/mol. The molecule has 4 aliphatic carbocycles. The van der Waals surface area contributed by atoms with Crippen molar-refractivity contribution < 1.29 is 29.0 Å². The van der Waals surface area contributed by atoms with Crippen molar-refractivity contribution >= 4 is 17.9 Å². The van der Waals surface area contributed by atoms with Gasteiger partial charge in [0.1, 0.15) is 12.2 Å². The van der Waals surface area contributed by atoms with Gasteiger partial charge in [-0.15, -0.1) is 0 Å². The number of ether oxygens (including phenoxy) is 2. The third-order valence-electron chi connectivity index (χ3n) is 10.8. The molecule has 0 amide bonds. The number of fused-ring (bicyclic) bond motifs is 5. The van der Waals surface area contributed by atoms with Crippen molar-refractivity contribution in [1.29, 1.82) is 0 Å². The molecular weight excluding hydrogens is 432 g/mol. The van der Waals surface area contributed by atoms with Crippen molar-refractivity contribution in [2.45, 2.75) is 111 Å². The number of hydrogen-bond acceptors (Lipinski definition) is 5. The highest BCUT2D eigenvalue weighted by Gasteiger charge is 2.63. The highest BCUT2D eigenvalue weighted by molar-refractivity contribution is 5.67. The van der Waals surface area contributed by atoms with E-state index in [9.17, 15) is 19.5 Å². The van der Waals surface area contributed by atoms with Crippen LogP contribution in [0, 0.1) is 46.3 Å². The molecule has 6 heteroatoms. The summed E-state index contributed by atoms with van der Waals surface area (Å²) in [6.07, 6.45) is 9.18. The zero-order chi connectivity index (χ0) is 24.8. The van der Waals surface area contributed by atoms with Crippen LogP contribution in [0.1, 0.15) is 98.8 Å². The Morgan fingerprint density at radius 2 is 1.53 bits per heavy atom. The molecule has 192 valence electrons. The van der Waals surface area contributed by atoms with Crippen molar-refractivity contribution in [3.63, 3.8) is 0 Å². The first-order valence-corrected chi connectivity index (χ1v) is 13.5. The number of carbonyl (C=O) groups is 3. The number of carboxylic acids is 1. The number of rotatable bonds is 6. The number of esters is 2. The summed E-state index contributed by atoms with van der Waals surface area (Å²) >= 11 is 0. The number of hydrogen-bond donors (Lipinski definition) is 1. The summed E-state index contributed by atoms with van der Waals surface area (Å²) in [4.78, 5) is 34.9. The Hall–Kier alpha value is -1.59. The first-order chi connectivity index (χ1) is 16.0. The Bertz CT molecular complexity index is 809. The van der Waals surface area contributed by atoms with E-state index in [-0.39, 0.29) is 47.3 Å². The fraction of sp³-hybridized carbons (Fsp3) is 0.893. The lowest BCUT2D eigenvalue weighted by Gasteiger charge is -2.62. The molecule has 0 aromatic rings. The van der Waals surface area contributed by atoms with E-state index in [0.717, 1.165) is 32.1 Å². The molecule has 1 N–H and O–H groups in total. The standard InChI is InChI=1S/C28H44O6/c1-16(6-9-26(31)32)21-7-8-22-20-15-25(34-18(3)30)24-14-19(33-17(2)29)10-12-28(24,5)23(20)11-13-27(21,22)4/h16,19-25H,6-15H2,1-5H3,(H,31,32). The number of aliphatic carboxylic acids is 1. The van der Waals surface area contributed by atoms with Crippen LogP contribution in [0.2, 0.25) is 0 Å². The van der Waals surface area contributed by atoms with Crippen LogP contribution < -0.4 is 0 Å². The van der Waals surface area contributed by atoms with Crippen LogP contribution >= 0.6 is 0 Å². The lowest BCUT2D eigenvalue weighted by molar-refractivity contribution is -0.197. The van der Waals surface area contributed by atoms with Crippen LogP contribution in [0.3, 0.4) is 0 Å². The first kappa shape index (κ1) is 25.5. The van der Waals surface area contributed by atoms with Crippen LogP contribution in [-0.4, -0.2) is 35.2 Å².